The number of ether oxygens (including phenoxy) is 2. The smallest absolute Gasteiger partial charge is 0.408 e. The first-order valence-electron chi connectivity index (χ1n) is 11.2. The molecule has 2 unspecified atom stereocenters. The maximum Gasteiger partial charge on any atom is 0.408 e. The monoisotopic (exact) mass is 485 g/mol. The summed E-state index contributed by atoms with van der Waals surface area (Å²) in [6.45, 7) is 8.59. The second-order valence-electron chi connectivity index (χ2n) is 9.29. The summed E-state index contributed by atoms with van der Waals surface area (Å²) >= 11 is 0. The Kier molecular flexibility index (Phi) is 9.33. The van der Waals surface area contributed by atoms with E-state index >= 15 is 0 Å². The third-order valence-electron chi connectivity index (χ3n) is 4.77. The van der Waals surface area contributed by atoms with Gasteiger partial charge in [0.15, 0.2) is 0 Å². The van der Waals surface area contributed by atoms with E-state index in [9.17, 15) is 24.5 Å². The fourth-order valence-corrected chi connectivity index (χ4v) is 3.08. The number of hydrogen-bond donors (Lipinski definition) is 2. The molecule has 0 spiro atoms. The molecule has 2 rings (SSSR count). The molecule has 2 aromatic carbocycles. The molecular weight excluding hydrogens is 454 g/mol. The van der Waals surface area contributed by atoms with Crippen LogP contribution in [-0.2, 0) is 20.7 Å². The minimum Gasteiger partial charge on any atom is -0.444 e. The lowest BCUT2D eigenvalue weighted by molar-refractivity contribution is -0.384. The molecule has 10 heteroatoms. The summed E-state index contributed by atoms with van der Waals surface area (Å²) in [4.78, 5) is 48.6. The maximum absolute atomic E-state index is 13.2. The SMILES string of the molecule is CC(C)C(NC(=O)C(Cc1ccccc1)NC(=O)OC(C)(C)C)C(=O)Oc1ccc([N+](=O)[O-])cc1. The van der Waals surface area contributed by atoms with Gasteiger partial charge in [-0.1, -0.05) is 44.2 Å². The molecule has 0 saturated heterocycles. The molecule has 2 amide bonds. The maximum atomic E-state index is 13.2. The number of hydrogen-bond acceptors (Lipinski definition) is 7. The third kappa shape index (κ3) is 9.07. The van der Waals surface area contributed by atoms with E-state index < -0.39 is 40.6 Å². The van der Waals surface area contributed by atoms with Crippen molar-refractivity contribution in [2.24, 2.45) is 5.92 Å². The number of benzene rings is 2. The largest absolute Gasteiger partial charge is 0.444 e. The van der Waals surface area contributed by atoms with Crippen LogP contribution in [0.4, 0.5) is 10.5 Å². The average molecular weight is 486 g/mol. The van der Waals surface area contributed by atoms with Crippen molar-refractivity contribution in [2.75, 3.05) is 0 Å². The van der Waals surface area contributed by atoms with Crippen LogP contribution >= 0.6 is 0 Å². The van der Waals surface area contributed by atoms with Gasteiger partial charge in [0.25, 0.3) is 5.69 Å². The molecular formula is C25H31N3O7. The standard InChI is InChI=1S/C25H31N3O7/c1-16(2)21(23(30)34-19-13-11-18(12-14-19)28(32)33)27-22(29)20(15-17-9-7-6-8-10-17)26-24(31)35-25(3,4)5/h6-14,16,20-21H,15H2,1-5H3,(H,26,31)(H,27,29). The average Bonchev–Trinajstić information content (AvgIpc) is 2.76. The van der Waals surface area contributed by atoms with Gasteiger partial charge in [-0.15, -0.1) is 0 Å². The van der Waals surface area contributed by atoms with Gasteiger partial charge in [-0.3, -0.25) is 14.9 Å². The molecule has 10 nitrogen and oxygen atoms in total. The first kappa shape index (κ1) is 27.3. The number of carbonyl (C=O) groups excluding carboxylic acids is 3. The summed E-state index contributed by atoms with van der Waals surface area (Å²) < 4.78 is 10.6. The second-order valence-corrected chi connectivity index (χ2v) is 9.29. The molecule has 0 fully saturated rings. The number of esters is 1. The van der Waals surface area contributed by atoms with Crippen LogP contribution in [0.2, 0.25) is 0 Å². The van der Waals surface area contributed by atoms with Crippen molar-refractivity contribution < 1.29 is 28.8 Å². The number of carbonyl (C=O) groups is 3. The van der Waals surface area contributed by atoms with Crippen molar-refractivity contribution >= 4 is 23.7 Å². The normalized spacial score (nSPS) is 12.9. The highest BCUT2D eigenvalue weighted by atomic mass is 16.6. The van der Waals surface area contributed by atoms with Crippen molar-refractivity contribution in [1.29, 1.82) is 0 Å². The topological polar surface area (TPSA) is 137 Å². The fourth-order valence-electron chi connectivity index (χ4n) is 3.08. The van der Waals surface area contributed by atoms with Crippen LogP contribution < -0.4 is 15.4 Å². The molecule has 0 aliphatic heterocycles. The molecule has 35 heavy (non-hydrogen) atoms. The van der Waals surface area contributed by atoms with Crippen LogP contribution in [0.25, 0.3) is 0 Å². The number of rotatable bonds is 9. The Morgan fingerprint density at radius 3 is 2.09 bits per heavy atom. The van der Waals surface area contributed by atoms with Gasteiger partial charge < -0.3 is 20.1 Å². The minimum atomic E-state index is -1.03. The molecule has 0 aliphatic carbocycles. The fraction of sp³-hybridized carbons (Fsp3) is 0.400. The summed E-state index contributed by atoms with van der Waals surface area (Å²) in [5, 5.41) is 16.1. The summed E-state index contributed by atoms with van der Waals surface area (Å²) in [5.41, 5.74) is -0.0962. The van der Waals surface area contributed by atoms with E-state index in [2.05, 4.69) is 10.6 Å². The highest BCUT2D eigenvalue weighted by Gasteiger charge is 2.31. The lowest BCUT2D eigenvalue weighted by Gasteiger charge is -2.26. The van der Waals surface area contributed by atoms with Crippen LogP contribution in [0.5, 0.6) is 5.75 Å². The Hall–Kier alpha value is -3.95. The van der Waals surface area contributed by atoms with Gasteiger partial charge in [-0.2, -0.15) is 0 Å². The van der Waals surface area contributed by atoms with Gasteiger partial charge in [0.05, 0.1) is 4.92 Å². The first-order valence-corrected chi connectivity index (χ1v) is 11.2. The third-order valence-corrected chi connectivity index (χ3v) is 4.77. The zero-order valence-electron chi connectivity index (χ0n) is 20.4. The molecule has 0 radical (unpaired) electrons. The Morgan fingerprint density at radius 2 is 1.57 bits per heavy atom. The quantitative estimate of drug-likeness (QED) is 0.239. The lowest BCUT2D eigenvalue weighted by Crippen LogP contribution is -2.55. The molecule has 2 atom stereocenters. The molecule has 188 valence electrons. The van der Waals surface area contributed by atoms with E-state index in [4.69, 9.17) is 9.47 Å². The zero-order chi connectivity index (χ0) is 26.2. The van der Waals surface area contributed by atoms with Gasteiger partial charge >= 0.3 is 12.1 Å². The van der Waals surface area contributed by atoms with E-state index in [0.29, 0.717) is 0 Å². The van der Waals surface area contributed by atoms with Crippen LogP contribution in [-0.4, -0.2) is 40.6 Å². The van der Waals surface area contributed by atoms with Crippen molar-refractivity contribution in [3.63, 3.8) is 0 Å². The van der Waals surface area contributed by atoms with Gasteiger partial charge in [0, 0.05) is 18.6 Å². The predicted molar refractivity (Wildman–Crippen MR) is 129 cm³/mol. The Morgan fingerprint density at radius 1 is 0.971 bits per heavy atom. The van der Waals surface area contributed by atoms with Crippen molar-refractivity contribution in [2.45, 2.75) is 58.7 Å². The Balaban J connectivity index is 2.16. The van der Waals surface area contributed by atoms with Gasteiger partial charge in [-0.05, 0) is 44.4 Å². The Bertz CT molecular complexity index is 1030. The summed E-state index contributed by atoms with van der Waals surface area (Å²) in [6.07, 6.45) is -0.586. The summed E-state index contributed by atoms with van der Waals surface area (Å²) in [6, 6.07) is 12.1. The van der Waals surface area contributed by atoms with Crippen molar-refractivity contribution in [3.8, 4) is 5.75 Å². The molecule has 2 aromatic rings. The van der Waals surface area contributed by atoms with Crippen LogP contribution in [0.1, 0.15) is 40.2 Å². The number of amides is 2. The number of nitrogens with one attached hydrogen (secondary N) is 2. The molecule has 0 heterocycles. The van der Waals surface area contributed by atoms with E-state index in [1.807, 2.05) is 30.3 Å². The Labute approximate surface area is 204 Å². The minimum absolute atomic E-state index is 0.105. The first-order chi connectivity index (χ1) is 16.4. The van der Waals surface area contributed by atoms with E-state index in [-0.39, 0.29) is 23.8 Å². The van der Waals surface area contributed by atoms with Crippen molar-refractivity contribution in [1.82, 2.24) is 10.6 Å². The molecule has 0 saturated carbocycles. The second kappa shape index (κ2) is 12.0. The van der Waals surface area contributed by atoms with Crippen molar-refractivity contribution in [3.05, 3.63) is 70.3 Å². The van der Waals surface area contributed by atoms with Crippen LogP contribution in [0.15, 0.2) is 54.6 Å². The molecule has 0 bridgehead atoms. The van der Waals surface area contributed by atoms with Gasteiger partial charge in [0.2, 0.25) is 5.91 Å². The van der Waals surface area contributed by atoms with Gasteiger partial charge in [0.1, 0.15) is 23.4 Å². The number of alkyl carbamates (subject to hydrolysis) is 1. The van der Waals surface area contributed by atoms with Crippen LogP contribution in [0.3, 0.4) is 0 Å². The highest BCUT2D eigenvalue weighted by molar-refractivity contribution is 5.90. The van der Waals surface area contributed by atoms with E-state index in [0.717, 1.165) is 5.56 Å². The van der Waals surface area contributed by atoms with Gasteiger partial charge in [-0.25, -0.2) is 9.59 Å². The summed E-state index contributed by atoms with van der Waals surface area (Å²) in [7, 11) is 0. The lowest BCUT2D eigenvalue weighted by atomic mass is 10.0. The highest BCUT2D eigenvalue weighted by Crippen LogP contribution is 2.19. The number of nitrogens with zero attached hydrogens (tertiary/aromatic N) is 1. The summed E-state index contributed by atoms with van der Waals surface area (Å²) in [5.74, 6) is -1.56. The van der Waals surface area contributed by atoms with Crippen LogP contribution in [0, 0.1) is 16.0 Å². The number of non-ortho nitro benzene ring substituents is 1. The van der Waals surface area contributed by atoms with E-state index in [1.165, 1.54) is 24.3 Å². The molecule has 0 aliphatic rings. The number of nitro benzene ring substituents is 1. The van der Waals surface area contributed by atoms with E-state index in [1.54, 1.807) is 34.6 Å². The molecule has 2 N–H and O–H groups in total. The predicted octanol–water partition coefficient (Wildman–Crippen LogP) is 3.78. The molecule has 0 aromatic heterocycles. The zero-order valence-corrected chi connectivity index (χ0v) is 20.4. The number of nitro groups is 1.